The fourth-order valence-corrected chi connectivity index (χ4v) is 1.72. The van der Waals surface area contributed by atoms with Crippen LogP contribution in [0.3, 0.4) is 0 Å². The monoisotopic (exact) mass is 263 g/mol. The van der Waals surface area contributed by atoms with E-state index in [0.717, 1.165) is 5.56 Å². The van der Waals surface area contributed by atoms with Gasteiger partial charge in [0.25, 0.3) is 5.91 Å². The first kappa shape index (κ1) is 15.3. The van der Waals surface area contributed by atoms with Crippen LogP contribution in [-0.4, -0.2) is 48.8 Å². The highest BCUT2D eigenvalue weighted by atomic mass is 16.2. The third kappa shape index (κ3) is 4.81. The zero-order valence-electron chi connectivity index (χ0n) is 11.7. The molecule has 0 spiro atoms. The molecule has 5 heteroatoms. The van der Waals surface area contributed by atoms with Gasteiger partial charge in [-0.25, -0.2) is 5.84 Å². The van der Waals surface area contributed by atoms with E-state index in [2.05, 4.69) is 0 Å². The molecule has 104 valence electrons. The summed E-state index contributed by atoms with van der Waals surface area (Å²) in [5, 5.41) is 1.19. The number of hydrazine groups is 1. The van der Waals surface area contributed by atoms with Gasteiger partial charge in [-0.3, -0.25) is 14.6 Å². The van der Waals surface area contributed by atoms with Crippen molar-refractivity contribution in [2.75, 3.05) is 27.2 Å². The Labute approximate surface area is 114 Å². The summed E-state index contributed by atoms with van der Waals surface area (Å²) in [7, 11) is 3.84. The van der Waals surface area contributed by atoms with Crippen molar-refractivity contribution in [1.82, 2.24) is 9.91 Å². The summed E-state index contributed by atoms with van der Waals surface area (Å²) in [4.78, 5) is 25.4. The molecular weight excluding hydrogens is 242 g/mol. The van der Waals surface area contributed by atoms with Crippen molar-refractivity contribution in [3.05, 3.63) is 35.4 Å². The van der Waals surface area contributed by atoms with Crippen molar-refractivity contribution in [3.8, 4) is 0 Å². The van der Waals surface area contributed by atoms with Gasteiger partial charge < -0.3 is 4.90 Å². The lowest BCUT2D eigenvalue weighted by atomic mass is 10.0. The Balaban J connectivity index is 2.83. The molecule has 2 N–H and O–H groups in total. The SMILES string of the molecule is CC(=O)Cc1ccccc1C(=O)N(N)CCN(C)C. The van der Waals surface area contributed by atoms with E-state index in [1.54, 1.807) is 18.2 Å². The van der Waals surface area contributed by atoms with E-state index in [4.69, 9.17) is 5.84 Å². The van der Waals surface area contributed by atoms with Crippen LogP contribution in [0.25, 0.3) is 0 Å². The van der Waals surface area contributed by atoms with E-state index >= 15 is 0 Å². The smallest absolute Gasteiger partial charge is 0.268 e. The molecule has 1 amide bonds. The molecule has 0 heterocycles. The van der Waals surface area contributed by atoms with Crippen LogP contribution in [0.5, 0.6) is 0 Å². The molecule has 0 aromatic heterocycles. The van der Waals surface area contributed by atoms with Gasteiger partial charge in [-0.15, -0.1) is 0 Å². The number of ketones is 1. The van der Waals surface area contributed by atoms with Gasteiger partial charge in [0.15, 0.2) is 0 Å². The number of benzene rings is 1. The highest BCUT2D eigenvalue weighted by Crippen LogP contribution is 2.11. The number of hydrogen-bond donors (Lipinski definition) is 1. The molecule has 1 aromatic rings. The van der Waals surface area contributed by atoms with Gasteiger partial charge in [0, 0.05) is 18.5 Å². The van der Waals surface area contributed by atoms with Gasteiger partial charge >= 0.3 is 0 Å². The van der Waals surface area contributed by atoms with Crippen LogP contribution >= 0.6 is 0 Å². The molecule has 1 aromatic carbocycles. The third-order valence-corrected chi connectivity index (χ3v) is 2.74. The first-order chi connectivity index (χ1) is 8.91. The second-order valence-corrected chi connectivity index (χ2v) is 4.84. The quantitative estimate of drug-likeness (QED) is 0.466. The normalized spacial score (nSPS) is 10.6. The van der Waals surface area contributed by atoms with Gasteiger partial charge in [-0.1, -0.05) is 18.2 Å². The fraction of sp³-hybridized carbons (Fsp3) is 0.429. The average molecular weight is 263 g/mol. The van der Waals surface area contributed by atoms with Gasteiger partial charge in [0.2, 0.25) is 0 Å². The maximum Gasteiger partial charge on any atom is 0.268 e. The van der Waals surface area contributed by atoms with Gasteiger partial charge in [0.05, 0.1) is 6.54 Å². The number of rotatable bonds is 6. The number of carbonyl (C=O) groups is 2. The Kier molecular flexibility index (Phi) is 5.66. The predicted octanol–water partition coefficient (Wildman–Crippen LogP) is 0.696. The van der Waals surface area contributed by atoms with E-state index in [1.165, 1.54) is 11.9 Å². The van der Waals surface area contributed by atoms with Crippen LogP contribution in [-0.2, 0) is 11.2 Å². The highest BCUT2D eigenvalue weighted by molar-refractivity contribution is 5.96. The number of nitrogens with zero attached hydrogens (tertiary/aromatic N) is 2. The van der Waals surface area contributed by atoms with Crippen LogP contribution in [0.15, 0.2) is 24.3 Å². The molecule has 0 unspecified atom stereocenters. The van der Waals surface area contributed by atoms with Crippen molar-refractivity contribution in [2.24, 2.45) is 5.84 Å². The largest absolute Gasteiger partial charge is 0.308 e. The fourth-order valence-electron chi connectivity index (χ4n) is 1.72. The molecule has 0 bridgehead atoms. The standard InChI is InChI=1S/C14H21N3O2/c1-11(18)10-12-6-4-5-7-13(12)14(19)17(15)9-8-16(2)3/h4-7H,8-10,15H2,1-3H3. The van der Waals surface area contributed by atoms with Gasteiger partial charge in [-0.2, -0.15) is 0 Å². The van der Waals surface area contributed by atoms with Crippen molar-refractivity contribution in [1.29, 1.82) is 0 Å². The van der Waals surface area contributed by atoms with E-state index in [-0.39, 0.29) is 18.1 Å². The molecule has 0 aliphatic carbocycles. The minimum atomic E-state index is -0.251. The number of carbonyl (C=O) groups excluding carboxylic acids is 2. The summed E-state index contributed by atoms with van der Waals surface area (Å²) >= 11 is 0. The molecule has 0 saturated carbocycles. The Morgan fingerprint density at radius 3 is 2.37 bits per heavy atom. The summed E-state index contributed by atoms with van der Waals surface area (Å²) in [6.45, 7) is 2.64. The zero-order valence-corrected chi connectivity index (χ0v) is 11.7. The number of hydrogen-bond acceptors (Lipinski definition) is 4. The molecule has 0 radical (unpaired) electrons. The Morgan fingerprint density at radius 2 is 1.79 bits per heavy atom. The maximum atomic E-state index is 12.2. The first-order valence-corrected chi connectivity index (χ1v) is 6.20. The van der Waals surface area contributed by atoms with Crippen molar-refractivity contribution in [3.63, 3.8) is 0 Å². The predicted molar refractivity (Wildman–Crippen MR) is 74.6 cm³/mol. The highest BCUT2D eigenvalue weighted by Gasteiger charge is 2.16. The Morgan fingerprint density at radius 1 is 1.16 bits per heavy atom. The molecule has 0 atom stereocenters. The van der Waals surface area contributed by atoms with Crippen LogP contribution in [0.1, 0.15) is 22.8 Å². The maximum absolute atomic E-state index is 12.2. The zero-order chi connectivity index (χ0) is 14.4. The summed E-state index contributed by atoms with van der Waals surface area (Å²) < 4.78 is 0. The summed E-state index contributed by atoms with van der Waals surface area (Å²) in [6.07, 6.45) is 0.253. The average Bonchev–Trinajstić information content (AvgIpc) is 2.35. The molecule has 0 aliphatic rings. The minimum Gasteiger partial charge on any atom is -0.308 e. The van der Waals surface area contributed by atoms with E-state index in [1.807, 2.05) is 25.1 Å². The molecule has 19 heavy (non-hydrogen) atoms. The van der Waals surface area contributed by atoms with Crippen molar-refractivity contribution in [2.45, 2.75) is 13.3 Å². The number of Topliss-reactive ketones (excluding diaryl/α,β-unsaturated/α-hetero) is 1. The lowest BCUT2D eigenvalue weighted by Gasteiger charge is -2.20. The Hall–Kier alpha value is -1.72. The molecule has 0 fully saturated rings. The topological polar surface area (TPSA) is 66.6 Å². The number of nitrogens with two attached hydrogens (primary N) is 1. The third-order valence-electron chi connectivity index (χ3n) is 2.74. The van der Waals surface area contributed by atoms with E-state index in [9.17, 15) is 9.59 Å². The lowest BCUT2D eigenvalue weighted by molar-refractivity contribution is -0.116. The molecular formula is C14H21N3O2. The first-order valence-electron chi connectivity index (χ1n) is 6.20. The minimum absolute atomic E-state index is 0.0251. The molecule has 0 aliphatic heterocycles. The van der Waals surface area contributed by atoms with Crippen LogP contribution < -0.4 is 5.84 Å². The number of amides is 1. The molecule has 1 rings (SSSR count). The summed E-state index contributed by atoms with van der Waals surface area (Å²) in [5.41, 5.74) is 1.22. The van der Waals surface area contributed by atoms with Crippen LogP contribution in [0.4, 0.5) is 0 Å². The van der Waals surface area contributed by atoms with Crippen LogP contribution in [0.2, 0.25) is 0 Å². The number of likely N-dealkylation sites (N-methyl/N-ethyl adjacent to an activating group) is 1. The Bertz CT molecular complexity index is 458. The molecule has 5 nitrogen and oxygen atoms in total. The van der Waals surface area contributed by atoms with Crippen molar-refractivity contribution < 1.29 is 9.59 Å². The van der Waals surface area contributed by atoms with Crippen LogP contribution in [0, 0.1) is 0 Å². The van der Waals surface area contributed by atoms with E-state index < -0.39 is 0 Å². The summed E-state index contributed by atoms with van der Waals surface area (Å²) in [5.74, 6) is 5.54. The lowest BCUT2D eigenvalue weighted by Crippen LogP contribution is -2.42. The van der Waals surface area contributed by atoms with Crippen molar-refractivity contribution >= 4 is 11.7 Å². The van der Waals surface area contributed by atoms with E-state index in [0.29, 0.717) is 18.7 Å². The molecule has 0 saturated heterocycles. The summed E-state index contributed by atoms with van der Waals surface area (Å²) in [6, 6.07) is 7.08. The van der Waals surface area contributed by atoms with Gasteiger partial charge in [-0.05, 0) is 32.6 Å². The van der Waals surface area contributed by atoms with Gasteiger partial charge in [0.1, 0.15) is 5.78 Å². The second-order valence-electron chi connectivity index (χ2n) is 4.84. The second kappa shape index (κ2) is 7.01.